The Bertz CT molecular complexity index is 314. The minimum absolute atomic E-state index is 0.0747. The molecule has 0 radical (unpaired) electrons. The smallest absolute Gasteiger partial charge is 0.130 e. The van der Waals surface area contributed by atoms with E-state index >= 15 is 0 Å². The molecule has 14 heavy (non-hydrogen) atoms. The van der Waals surface area contributed by atoms with Crippen LogP contribution in [0.3, 0.4) is 0 Å². The molecule has 2 atom stereocenters. The minimum Gasteiger partial charge on any atom is -0.388 e. The molecule has 1 aromatic rings. The Labute approximate surface area is 92.1 Å². The summed E-state index contributed by atoms with van der Waals surface area (Å²) in [5.41, 5.74) is 0.377. The van der Waals surface area contributed by atoms with Crippen LogP contribution < -0.4 is 0 Å². The van der Waals surface area contributed by atoms with E-state index in [1.807, 2.05) is 13.8 Å². The second kappa shape index (κ2) is 4.89. The van der Waals surface area contributed by atoms with E-state index in [1.54, 1.807) is 12.1 Å². The SMILES string of the molecule is CCC(C)C(O)c1ccc(Br)cc1F. The van der Waals surface area contributed by atoms with Gasteiger partial charge in [-0.05, 0) is 18.1 Å². The summed E-state index contributed by atoms with van der Waals surface area (Å²) in [6.07, 6.45) is 0.115. The topological polar surface area (TPSA) is 20.2 Å². The zero-order valence-corrected chi connectivity index (χ0v) is 9.88. The van der Waals surface area contributed by atoms with Crippen LogP contribution in [0.2, 0.25) is 0 Å². The molecule has 78 valence electrons. The number of aliphatic hydroxyl groups is 1. The van der Waals surface area contributed by atoms with E-state index in [2.05, 4.69) is 15.9 Å². The van der Waals surface area contributed by atoms with E-state index in [0.29, 0.717) is 10.0 Å². The number of aliphatic hydroxyl groups excluding tert-OH is 1. The Kier molecular flexibility index (Phi) is 4.08. The third-order valence-corrected chi connectivity index (χ3v) is 2.96. The van der Waals surface area contributed by atoms with Crippen molar-refractivity contribution in [3.05, 3.63) is 34.1 Å². The monoisotopic (exact) mass is 260 g/mol. The molecule has 0 saturated carbocycles. The quantitative estimate of drug-likeness (QED) is 0.880. The van der Waals surface area contributed by atoms with E-state index in [4.69, 9.17) is 0 Å². The molecule has 0 heterocycles. The highest BCUT2D eigenvalue weighted by atomic mass is 79.9. The van der Waals surface area contributed by atoms with Gasteiger partial charge in [-0.15, -0.1) is 0 Å². The highest BCUT2D eigenvalue weighted by Crippen LogP contribution is 2.27. The van der Waals surface area contributed by atoms with Crippen LogP contribution >= 0.6 is 15.9 Å². The standard InChI is InChI=1S/C11H14BrFO/c1-3-7(2)11(14)9-5-4-8(12)6-10(9)13/h4-7,11,14H,3H2,1-2H3. The molecular weight excluding hydrogens is 247 g/mol. The van der Waals surface area contributed by atoms with Crippen LogP contribution in [0.5, 0.6) is 0 Å². The number of rotatable bonds is 3. The molecule has 0 aliphatic carbocycles. The van der Waals surface area contributed by atoms with Gasteiger partial charge in [-0.1, -0.05) is 42.3 Å². The van der Waals surface area contributed by atoms with Crippen molar-refractivity contribution in [2.24, 2.45) is 5.92 Å². The van der Waals surface area contributed by atoms with Crippen molar-refractivity contribution in [3.63, 3.8) is 0 Å². The van der Waals surface area contributed by atoms with Gasteiger partial charge < -0.3 is 5.11 Å². The highest BCUT2D eigenvalue weighted by molar-refractivity contribution is 9.10. The van der Waals surface area contributed by atoms with Gasteiger partial charge in [0, 0.05) is 10.0 Å². The first-order chi connectivity index (χ1) is 6.56. The zero-order valence-electron chi connectivity index (χ0n) is 8.30. The van der Waals surface area contributed by atoms with Crippen LogP contribution in [0.4, 0.5) is 4.39 Å². The molecule has 1 N–H and O–H groups in total. The van der Waals surface area contributed by atoms with Crippen molar-refractivity contribution >= 4 is 15.9 Å². The van der Waals surface area contributed by atoms with Gasteiger partial charge >= 0.3 is 0 Å². The molecule has 1 rings (SSSR count). The molecule has 2 unspecified atom stereocenters. The number of hydrogen-bond acceptors (Lipinski definition) is 1. The lowest BCUT2D eigenvalue weighted by Crippen LogP contribution is -2.09. The molecule has 0 spiro atoms. The van der Waals surface area contributed by atoms with Gasteiger partial charge in [0.2, 0.25) is 0 Å². The van der Waals surface area contributed by atoms with Gasteiger partial charge in [0.15, 0.2) is 0 Å². The van der Waals surface area contributed by atoms with Crippen molar-refractivity contribution in [3.8, 4) is 0 Å². The second-order valence-electron chi connectivity index (χ2n) is 3.50. The molecule has 0 aliphatic rings. The van der Waals surface area contributed by atoms with Gasteiger partial charge in [-0.2, -0.15) is 0 Å². The molecule has 0 aliphatic heterocycles. The van der Waals surface area contributed by atoms with Crippen LogP contribution in [-0.4, -0.2) is 5.11 Å². The van der Waals surface area contributed by atoms with Crippen molar-refractivity contribution < 1.29 is 9.50 Å². The van der Waals surface area contributed by atoms with Crippen molar-refractivity contribution in [1.29, 1.82) is 0 Å². The molecule has 1 nitrogen and oxygen atoms in total. The third kappa shape index (κ3) is 2.55. The fourth-order valence-electron chi connectivity index (χ4n) is 1.27. The van der Waals surface area contributed by atoms with Crippen LogP contribution in [0.15, 0.2) is 22.7 Å². The lowest BCUT2D eigenvalue weighted by molar-refractivity contribution is 0.111. The Morgan fingerprint density at radius 1 is 1.50 bits per heavy atom. The normalized spacial score (nSPS) is 15.2. The highest BCUT2D eigenvalue weighted by Gasteiger charge is 2.18. The average molecular weight is 261 g/mol. The average Bonchev–Trinajstić information content (AvgIpc) is 2.15. The molecule has 0 amide bonds. The van der Waals surface area contributed by atoms with Gasteiger partial charge in [-0.3, -0.25) is 0 Å². The number of hydrogen-bond donors (Lipinski definition) is 1. The molecule has 1 aromatic carbocycles. The summed E-state index contributed by atoms with van der Waals surface area (Å²) in [6.45, 7) is 3.89. The summed E-state index contributed by atoms with van der Waals surface area (Å²) in [5.74, 6) is -0.280. The Morgan fingerprint density at radius 3 is 2.64 bits per heavy atom. The van der Waals surface area contributed by atoms with E-state index in [1.165, 1.54) is 6.07 Å². The Morgan fingerprint density at radius 2 is 2.14 bits per heavy atom. The maximum Gasteiger partial charge on any atom is 0.130 e. The summed E-state index contributed by atoms with van der Waals surface area (Å²) in [7, 11) is 0. The van der Waals surface area contributed by atoms with Gasteiger partial charge in [0.05, 0.1) is 6.10 Å². The summed E-state index contributed by atoms with van der Waals surface area (Å²) >= 11 is 3.18. The van der Waals surface area contributed by atoms with Crippen molar-refractivity contribution in [2.45, 2.75) is 26.4 Å². The predicted molar refractivity (Wildman–Crippen MR) is 58.5 cm³/mol. The fraction of sp³-hybridized carbons (Fsp3) is 0.455. The Balaban J connectivity index is 2.95. The molecule has 3 heteroatoms. The number of halogens is 2. The fourth-order valence-corrected chi connectivity index (χ4v) is 1.60. The van der Waals surface area contributed by atoms with E-state index in [-0.39, 0.29) is 11.7 Å². The van der Waals surface area contributed by atoms with Crippen LogP contribution in [0, 0.1) is 11.7 Å². The van der Waals surface area contributed by atoms with E-state index in [0.717, 1.165) is 6.42 Å². The predicted octanol–water partition coefficient (Wildman–Crippen LogP) is 3.67. The maximum atomic E-state index is 13.4. The summed E-state index contributed by atoms with van der Waals surface area (Å²) in [6, 6.07) is 4.74. The first-order valence-corrected chi connectivity index (χ1v) is 5.48. The minimum atomic E-state index is -0.715. The maximum absolute atomic E-state index is 13.4. The van der Waals surface area contributed by atoms with Crippen LogP contribution in [0.25, 0.3) is 0 Å². The molecule has 0 aromatic heterocycles. The molecule has 0 fully saturated rings. The summed E-state index contributed by atoms with van der Waals surface area (Å²) in [5, 5.41) is 9.81. The second-order valence-corrected chi connectivity index (χ2v) is 4.41. The number of benzene rings is 1. The van der Waals surface area contributed by atoms with Crippen molar-refractivity contribution in [2.75, 3.05) is 0 Å². The van der Waals surface area contributed by atoms with Crippen molar-refractivity contribution in [1.82, 2.24) is 0 Å². The largest absolute Gasteiger partial charge is 0.388 e. The zero-order chi connectivity index (χ0) is 10.7. The molecule has 0 saturated heterocycles. The van der Waals surface area contributed by atoms with Gasteiger partial charge in [0.25, 0.3) is 0 Å². The molecular formula is C11H14BrFO. The first kappa shape index (κ1) is 11.7. The van der Waals surface area contributed by atoms with Gasteiger partial charge in [0.1, 0.15) is 5.82 Å². The lowest BCUT2D eigenvalue weighted by Gasteiger charge is -2.18. The van der Waals surface area contributed by atoms with E-state index < -0.39 is 6.10 Å². The van der Waals surface area contributed by atoms with Crippen LogP contribution in [-0.2, 0) is 0 Å². The lowest BCUT2D eigenvalue weighted by atomic mass is 9.95. The third-order valence-electron chi connectivity index (χ3n) is 2.46. The molecule has 0 bridgehead atoms. The van der Waals surface area contributed by atoms with E-state index in [9.17, 15) is 9.50 Å². The summed E-state index contributed by atoms with van der Waals surface area (Å²) < 4.78 is 14.1. The summed E-state index contributed by atoms with van der Waals surface area (Å²) in [4.78, 5) is 0. The Hall–Kier alpha value is -0.410. The first-order valence-electron chi connectivity index (χ1n) is 4.69. The van der Waals surface area contributed by atoms with Gasteiger partial charge in [-0.25, -0.2) is 4.39 Å². The van der Waals surface area contributed by atoms with Crippen LogP contribution in [0.1, 0.15) is 31.9 Å².